The normalized spacial score (nSPS) is 28.3. The van der Waals surface area contributed by atoms with Gasteiger partial charge >= 0.3 is 0 Å². The summed E-state index contributed by atoms with van der Waals surface area (Å²) >= 11 is 0. The number of aromatic nitrogens is 2. The van der Waals surface area contributed by atoms with E-state index in [1.807, 2.05) is 12.1 Å². The quantitative estimate of drug-likeness (QED) is 0.934. The highest BCUT2D eigenvalue weighted by Gasteiger charge is 2.43. The number of hydrogen-bond acceptors (Lipinski definition) is 6. The molecule has 0 aromatic carbocycles. The van der Waals surface area contributed by atoms with Crippen molar-refractivity contribution in [3.05, 3.63) is 42.7 Å². The van der Waals surface area contributed by atoms with Gasteiger partial charge < -0.3 is 14.5 Å². The number of furan rings is 1. The average molecular weight is 314 g/mol. The van der Waals surface area contributed by atoms with Crippen molar-refractivity contribution in [2.75, 3.05) is 25.0 Å². The third-order valence-electron chi connectivity index (χ3n) is 4.70. The number of nitrogens with one attached hydrogen (secondary N) is 1. The summed E-state index contributed by atoms with van der Waals surface area (Å²) < 4.78 is 11.7. The summed E-state index contributed by atoms with van der Waals surface area (Å²) in [6.07, 6.45) is 10.2. The minimum Gasteiger partial charge on any atom is -0.468 e. The molecule has 2 fully saturated rings. The zero-order chi connectivity index (χ0) is 15.5. The van der Waals surface area contributed by atoms with Gasteiger partial charge in [-0.15, -0.1) is 0 Å². The highest BCUT2D eigenvalue weighted by Crippen LogP contribution is 2.36. The van der Waals surface area contributed by atoms with Crippen molar-refractivity contribution in [3.8, 4) is 0 Å². The molecule has 1 spiro atoms. The Labute approximate surface area is 135 Å². The Morgan fingerprint density at radius 2 is 2.39 bits per heavy atom. The number of piperidine rings is 1. The maximum Gasteiger partial charge on any atom is 0.144 e. The Bertz CT molecular complexity index is 619. The molecule has 4 heterocycles. The van der Waals surface area contributed by atoms with Gasteiger partial charge in [0.25, 0.3) is 0 Å². The molecule has 2 aromatic rings. The fraction of sp³-hybridized carbons (Fsp3) is 0.529. The SMILES string of the molecule is c1coc(CN2CCC[C@@]3(C[C@H](Nc4cnccn4)CO3)C2)c1. The van der Waals surface area contributed by atoms with Crippen LogP contribution >= 0.6 is 0 Å². The van der Waals surface area contributed by atoms with E-state index in [0.717, 1.165) is 50.7 Å². The fourth-order valence-electron chi connectivity index (χ4n) is 3.75. The van der Waals surface area contributed by atoms with Crippen molar-refractivity contribution in [3.63, 3.8) is 0 Å². The minimum atomic E-state index is -0.0370. The molecule has 0 radical (unpaired) electrons. The van der Waals surface area contributed by atoms with Crippen LogP contribution in [0.1, 0.15) is 25.0 Å². The second-order valence-electron chi connectivity index (χ2n) is 6.52. The van der Waals surface area contributed by atoms with Crippen LogP contribution < -0.4 is 5.32 Å². The van der Waals surface area contributed by atoms with Crippen LogP contribution in [-0.4, -0.2) is 46.2 Å². The van der Waals surface area contributed by atoms with Crippen molar-refractivity contribution in [2.24, 2.45) is 0 Å². The molecule has 2 aromatic heterocycles. The Balaban J connectivity index is 1.37. The molecule has 0 bridgehead atoms. The van der Waals surface area contributed by atoms with Crippen LogP contribution in [0.3, 0.4) is 0 Å². The predicted molar refractivity (Wildman–Crippen MR) is 86.0 cm³/mol. The molecule has 0 saturated carbocycles. The van der Waals surface area contributed by atoms with E-state index in [1.54, 1.807) is 24.9 Å². The number of anilines is 1. The van der Waals surface area contributed by atoms with E-state index < -0.39 is 0 Å². The van der Waals surface area contributed by atoms with E-state index in [0.29, 0.717) is 6.04 Å². The molecule has 23 heavy (non-hydrogen) atoms. The summed E-state index contributed by atoms with van der Waals surface area (Å²) in [4.78, 5) is 10.8. The van der Waals surface area contributed by atoms with Gasteiger partial charge in [-0.2, -0.15) is 0 Å². The molecule has 6 heteroatoms. The Morgan fingerprint density at radius 1 is 1.39 bits per heavy atom. The number of ether oxygens (including phenoxy) is 1. The Morgan fingerprint density at radius 3 is 3.22 bits per heavy atom. The van der Waals surface area contributed by atoms with Gasteiger partial charge in [-0.05, 0) is 31.5 Å². The summed E-state index contributed by atoms with van der Waals surface area (Å²) in [5.41, 5.74) is -0.0370. The van der Waals surface area contributed by atoms with Gasteiger partial charge in [-0.25, -0.2) is 4.98 Å². The molecule has 2 saturated heterocycles. The molecule has 4 rings (SSSR count). The van der Waals surface area contributed by atoms with Crippen LogP contribution in [0.15, 0.2) is 41.4 Å². The Kier molecular flexibility index (Phi) is 4.01. The van der Waals surface area contributed by atoms with E-state index in [1.165, 1.54) is 6.42 Å². The van der Waals surface area contributed by atoms with Crippen LogP contribution in [0.25, 0.3) is 0 Å². The highest BCUT2D eigenvalue weighted by molar-refractivity contribution is 5.32. The lowest BCUT2D eigenvalue weighted by molar-refractivity contribution is -0.0544. The molecule has 6 nitrogen and oxygen atoms in total. The highest BCUT2D eigenvalue weighted by atomic mass is 16.5. The molecular weight excluding hydrogens is 292 g/mol. The topological polar surface area (TPSA) is 63.4 Å². The largest absolute Gasteiger partial charge is 0.468 e. The smallest absolute Gasteiger partial charge is 0.144 e. The zero-order valence-electron chi connectivity index (χ0n) is 13.1. The standard InChI is InChI=1S/C17H22N4O2/c1-3-15(22-8-1)11-21-7-2-4-17(13-21)9-14(12-23-17)20-16-10-18-5-6-19-16/h1,3,5-6,8,10,14H,2,4,7,9,11-13H2,(H,19,20)/t14-,17+/m0/s1. The summed E-state index contributed by atoms with van der Waals surface area (Å²) in [5.74, 6) is 1.84. The van der Waals surface area contributed by atoms with Crippen molar-refractivity contribution in [2.45, 2.75) is 37.5 Å². The number of rotatable bonds is 4. The lowest BCUT2D eigenvalue weighted by Crippen LogP contribution is -2.47. The second-order valence-corrected chi connectivity index (χ2v) is 6.52. The number of hydrogen-bond donors (Lipinski definition) is 1. The van der Waals surface area contributed by atoms with Gasteiger partial charge in [0.15, 0.2) is 0 Å². The molecule has 122 valence electrons. The van der Waals surface area contributed by atoms with Crippen molar-refractivity contribution >= 4 is 5.82 Å². The fourth-order valence-corrected chi connectivity index (χ4v) is 3.75. The van der Waals surface area contributed by atoms with Crippen molar-refractivity contribution in [1.29, 1.82) is 0 Å². The number of likely N-dealkylation sites (tertiary alicyclic amines) is 1. The van der Waals surface area contributed by atoms with Crippen LogP contribution in [0.5, 0.6) is 0 Å². The molecule has 2 aliphatic rings. The third-order valence-corrected chi connectivity index (χ3v) is 4.70. The van der Waals surface area contributed by atoms with Crippen molar-refractivity contribution in [1.82, 2.24) is 14.9 Å². The van der Waals surface area contributed by atoms with Crippen molar-refractivity contribution < 1.29 is 9.15 Å². The molecule has 0 aliphatic carbocycles. The molecule has 2 aliphatic heterocycles. The van der Waals surface area contributed by atoms with E-state index in [9.17, 15) is 0 Å². The zero-order valence-corrected chi connectivity index (χ0v) is 13.1. The predicted octanol–water partition coefficient (Wildman–Crippen LogP) is 2.31. The van der Waals surface area contributed by atoms with E-state index in [4.69, 9.17) is 9.15 Å². The first-order valence-corrected chi connectivity index (χ1v) is 8.23. The lowest BCUT2D eigenvalue weighted by Gasteiger charge is -2.39. The van der Waals surface area contributed by atoms with Gasteiger partial charge in [0, 0.05) is 25.4 Å². The maximum atomic E-state index is 6.23. The van der Waals surface area contributed by atoms with Crippen LogP contribution in [0, 0.1) is 0 Å². The molecule has 2 atom stereocenters. The molecular formula is C17H22N4O2. The maximum absolute atomic E-state index is 6.23. The van der Waals surface area contributed by atoms with E-state index in [-0.39, 0.29) is 5.60 Å². The first-order chi connectivity index (χ1) is 11.3. The Hall–Kier alpha value is -1.92. The molecule has 1 N–H and O–H groups in total. The third kappa shape index (κ3) is 3.38. The summed E-state index contributed by atoms with van der Waals surface area (Å²) in [6.45, 7) is 3.66. The first kappa shape index (κ1) is 14.7. The van der Waals surface area contributed by atoms with Gasteiger partial charge in [-0.3, -0.25) is 9.88 Å². The lowest BCUT2D eigenvalue weighted by atomic mass is 9.88. The van der Waals surface area contributed by atoms with Gasteiger partial charge in [-0.1, -0.05) is 0 Å². The summed E-state index contributed by atoms with van der Waals surface area (Å²) in [7, 11) is 0. The number of nitrogens with zero attached hydrogens (tertiary/aromatic N) is 3. The monoisotopic (exact) mass is 314 g/mol. The van der Waals surface area contributed by atoms with Crippen LogP contribution in [0.2, 0.25) is 0 Å². The summed E-state index contributed by atoms with van der Waals surface area (Å²) in [5, 5.41) is 3.44. The minimum absolute atomic E-state index is 0.0370. The van der Waals surface area contributed by atoms with Gasteiger partial charge in [0.1, 0.15) is 11.6 Å². The summed E-state index contributed by atoms with van der Waals surface area (Å²) in [6, 6.07) is 4.28. The average Bonchev–Trinajstić information content (AvgIpc) is 3.19. The van der Waals surface area contributed by atoms with Crippen LogP contribution in [0.4, 0.5) is 5.82 Å². The second kappa shape index (κ2) is 6.29. The van der Waals surface area contributed by atoms with E-state index >= 15 is 0 Å². The molecule has 0 amide bonds. The molecule has 0 unspecified atom stereocenters. The first-order valence-electron chi connectivity index (χ1n) is 8.23. The van der Waals surface area contributed by atoms with Gasteiger partial charge in [0.2, 0.25) is 0 Å². The van der Waals surface area contributed by atoms with Crippen LogP contribution in [-0.2, 0) is 11.3 Å². The van der Waals surface area contributed by atoms with Gasteiger partial charge in [0.05, 0.1) is 37.3 Å². The van der Waals surface area contributed by atoms with E-state index in [2.05, 4.69) is 20.2 Å².